The van der Waals surface area contributed by atoms with Crippen LogP contribution in [0.1, 0.15) is 27.7 Å². The molecular weight excluding hydrogens is 365 g/mol. The molecule has 0 aliphatic carbocycles. The number of ether oxygens (including phenoxy) is 1. The molecule has 6 nitrogen and oxygen atoms in total. The Bertz CT molecular complexity index is 662. The summed E-state index contributed by atoms with van der Waals surface area (Å²) in [6.07, 6.45) is 1.42. The van der Waals surface area contributed by atoms with Crippen LogP contribution >= 0.6 is 24.8 Å². The Balaban J connectivity index is 0.00000288. The zero-order valence-corrected chi connectivity index (χ0v) is 16.2. The van der Waals surface area contributed by atoms with Crippen molar-refractivity contribution < 1.29 is 13.9 Å². The number of halogens is 2. The van der Waals surface area contributed by atoms with Crippen LogP contribution in [0.3, 0.4) is 0 Å². The molecule has 0 aliphatic heterocycles. The Morgan fingerprint density at radius 1 is 1.32 bits per heavy atom. The second-order valence-electron chi connectivity index (χ2n) is 5.47. The Kier molecular flexibility index (Phi) is 10.2. The molecule has 1 aromatic carbocycles. The second-order valence-corrected chi connectivity index (χ2v) is 5.47. The largest absolute Gasteiger partial charge is 0.497 e. The Hall–Kier alpha value is -1.73. The minimum Gasteiger partial charge on any atom is -0.497 e. The quantitative estimate of drug-likeness (QED) is 0.760. The van der Waals surface area contributed by atoms with Crippen molar-refractivity contribution in [1.82, 2.24) is 10.2 Å². The highest BCUT2D eigenvalue weighted by Crippen LogP contribution is 2.22. The predicted octanol–water partition coefficient (Wildman–Crippen LogP) is 2.62. The van der Waals surface area contributed by atoms with Crippen molar-refractivity contribution >= 4 is 30.7 Å². The van der Waals surface area contributed by atoms with Gasteiger partial charge in [-0.3, -0.25) is 4.79 Å². The van der Waals surface area contributed by atoms with Gasteiger partial charge in [-0.1, -0.05) is 12.1 Å². The van der Waals surface area contributed by atoms with Crippen LogP contribution in [0.4, 0.5) is 0 Å². The fourth-order valence-electron chi connectivity index (χ4n) is 2.35. The number of nitrogens with zero attached hydrogens (tertiary/aromatic N) is 1. The third-order valence-electron chi connectivity index (χ3n) is 3.68. The Morgan fingerprint density at radius 2 is 2.04 bits per heavy atom. The van der Waals surface area contributed by atoms with Crippen LogP contribution < -0.4 is 15.8 Å². The summed E-state index contributed by atoms with van der Waals surface area (Å²) >= 11 is 0. The van der Waals surface area contributed by atoms with Crippen molar-refractivity contribution in [3.63, 3.8) is 0 Å². The van der Waals surface area contributed by atoms with Crippen LogP contribution in [-0.4, -0.2) is 38.6 Å². The van der Waals surface area contributed by atoms with Crippen LogP contribution in [-0.2, 0) is 6.54 Å². The highest BCUT2D eigenvalue weighted by atomic mass is 35.5. The SMILES string of the molecule is COc1cccc(C(CNC(=O)c2coc(CN)c2)N(C)C)c1.Cl.Cl. The van der Waals surface area contributed by atoms with E-state index in [1.54, 1.807) is 13.2 Å². The van der Waals surface area contributed by atoms with Gasteiger partial charge in [0.25, 0.3) is 5.91 Å². The van der Waals surface area contributed by atoms with Crippen molar-refractivity contribution in [1.29, 1.82) is 0 Å². The third kappa shape index (κ3) is 6.25. The van der Waals surface area contributed by atoms with Gasteiger partial charge in [-0.25, -0.2) is 0 Å². The first kappa shape index (κ1) is 23.3. The van der Waals surface area contributed by atoms with E-state index in [4.69, 9.17) is 14.9 Å². The monoisotopic (exact) mass is 389 g/mol. The zero-order chi connectivity index (χ0) is 16.8. The van der Waals surface area contributed by atoms with E-state index >= 15 is 0 Å². The lowest BCUT2D eigenvalue weighted by molar-refractivity contribution is 0.0941. The summed E-state index contributed by atoms with van der Waals surface area (Å²) in [6.45, 7) is 0.750. The molecule has 0 saturated carbocycles. The average Bonchev–Trinajstić information content (AvgIpc) is 3.04. The molecule has 3 N–H and O–H groups in total. The number of methoxy groups -OCH3 is 1. The van der Waals surface area contributed by atoms with Crippen molar-refractivity contribution in [2.45, 2.75) is 12.6 Å². The maximum Gasteiger partial charge on any atom is 0.254 e. The average molecular weight is 390 g/mol. The van der Waals surface area contributed by atoms with E-state index < -0.39 is 0 Å². The van der Waals surface area contributed by atoms with Gasteiger partial charge in [-0.15, -0.1) is 24.8 Å². The van der Waals surface area contributed by atoms with Gasteiger partial charge >= 0.3 is 0 Å². The molecule has 140 valence electrons. The Labute approximate surface area is 160 Å². The first-order chi connectivity index (χ1) is 11.0. The van der Waals surface area contributed by atoms with E-state index in [-0.39, 0.29) is 43.3 Å². The van der Waals surface area contributed by atoms with Crippen LogP contribution in [0.2, 0.25) is 0 Å². The first-order valence-electron chi connectivity index (χ1n) is 7.41. The first-order valence-corrected chi connectivity index (χ1v) is 7.41. The summed E-state index contributed by atoms with van der Waals surface area (Å²) < 4.78 is 10.5. The molecule has 0 aliphatic rings. The molecule has 0 saturated heterocycles. The van der Waals surface area contributed by atoms with Gasteiger partial charge in [0, 0.05) is 6.54 Å². The molecule has 2 aromatic rings. The van der Waals surface area contributed by atoms with Crippen molar-refractivity contribution in [2.75, 3.05) is 27.7 Å². The fraction of sp³-hybridized carbons (Fsp3) is 0.353. The number of furan rings is 1. The summed E-state index contributed by atoms with van der Waals surface area (Å²) in [5.74, 6) is 1.21. The lowest BCUT2D eigenvalue weighted by Crippen LogP contribution is -2.34. The topological polar surface area (TPSA) is 80.7 Å². The highest BCUT2D eigenvalue weighted by Gasteiger charge is 2.17. The van der Waals surface area contributed by atoms with Crippen LogP contribution in [0, 0.1) is 0 Å². The molecule has 25 heavy (non-hydrogen) atoms. The van der Waals surface area contributed by atoms with Crippen LogP contribution in [0.15, 0.2) is 41.0 Å². The number of likely N-dealkylation sites (N-methyl/N-ethyl adjacent to an activating group) is 1. The van der Waals surface area contributed by atoms with Crippen LogP contribution in [0.25, 0.3) is 0 Å². The molecule has 8 heteroatoms. The van der Waals surface area contributed by atoms with Gasteiger partial charge in [0.2, 0.25) is 0 Å². The Morgan fingerprint density at radius 3 is 2.60 bits per heavy atom. The van der Waals surface area contributed by atoms with E-state index in [2.05, 4.69) is 10.2 Å². The van der Waals surface area contributed by atoms with Gasteiger partial charge in [-0.2, -0.15) is 0 Å². The summed E-state index contributed by atoms with van der Waals surface area (Å²) in [5.41, 5.74) is 7.04. The molecule has 1 atom stereocenters. The molecule has 1 aromatic heterocycles. The number of carbonyl (C=O) groups excluding carboxylic acids is 1. The molecule has 1 amide bonds. The van der Waals surface area contributed by atoms with E-state index in [9.17, 15) is 4.79 Å². The number of carbonyl (C=O) groups is 1. The zero-order valence-electron chi connectivity index (χ0n) is 14.5. The molecule has 1 heterocycles. The smallest absolute Gasteiger partial charge is 0.254 e. The van der Waals surface area contributed by atoms with E-state index in [1.807, 2.05) is 38.4 Å². The number of hydrogen-bond donors (Lipinski definition) is 2. The molecule has 2 rings (SSSR count). The van der Waals surface area contributed by atoms with E-state index in [0.717, 1.165) is 11.3 Å². The standard InChI is InChI=1S/C17H23N3O3.2ClH/c1-20(2)16(12-5-4-6-14(7-12)22-3)10-19-17(21)13-8-15(9-18)23-11-13;;/h4-8,11,16H,9-10,18H2,1-3H3,(H,19,21);2*1H. The lowest BCUT2D eigenvalue weighted by Gasteiger charge is -2.25. The number of nitrogens with one attached hydrogen (secondary N) is 1. The second kappa shape index (κ2) is 11.0. The maximum absolute atomic E-state index is 12.2. The van der Waals surface area contributed by atoms with Gasteiger partial charge in [0.15, 0.2) is 0 Å². The lowest BCUT2D eigenvalue weighted by atomic mass is 10.1. The highest BCUT2D eigenvalue weighted by molar-refractivity contribution is 5.94. The molecule has 0 radical (unpaired) electrons. The molecule has 0 fully saturated rings. The maximum atomic E-state index is 12.2. The minimum absolute atomic E-state index is 0. The third-order valence-corrected chi connectivity index (χ3v) is 3.68. The molecule has 0 bridgehead atoms. The van der Waals surface area contributed by atoms with Crippen LogP contribution in [0.5, 0.6) is 5.75 Å². The summed E-state index contributed by atoms with van der Waals surface area (Å²) in [7, 11) is 5.58. The number of nitrogens with two attached hydrogens (primary N) is 1. The molecular formula is C17H25Cl2N3O3. The normalized spacial score (nSPS) is 11.2. The minimum atomic E-state index is -0.178. The summed E-state index contributed by atoms with van der Waals surface area (Å²) in [4.78, 5) is 14.3. The van der Waals surface area contributed by atoms with E-state index in [0.29, 0.717) is 17.9 Å². The number of benzene rings is 1. The summed E-state index contributed by atoms with van der Waals surface area (Å²) in [5, 5.41) is 2.93. The number of hydrogen-bond acceptors (Lipinski definition) is 5. The molecule has 1 unspecified atom stereocenters. The predicted molar refractivity (Wildman–Crippen MR) is 103 cm³/mol. The van der Waals surface area contributed by atoms with Gasteiger partial charge in [0.1, 0.15) is 17.8 Å². The van der Waals surface area contributed by atoms with Gasteiger partial charge in [-0.05, 0) is 37.9 Å². The van der Waals surface area contributed by atoms with Crippen molar-refractivity contribution in [3.05, 3.63) is 53.5 Å². The summed E-state index contributed by atoms with van der Waals surface area (Å²) in [6, 6.07) is 9.52. The van der Waals surface area contributed by atoms with Gasteiger partial charge < -0.3 is 25.1 Å². The van der Waals surface area contributed by atoms with Gasteiger partial charge in [0.05, 0.1) is 25.3 Å². The number of rotatable bonds is 7. The van der Waals surface area contributed by atoms with Crippen molar-refractivity contribution in [2.24, 2.45) is 5.73 Å². The fourth-order valence-corrected chi connectivity index (χ4v) is 2.35. The number of amides is 1. The molecule has 0 spiro atoms. The van der Waals surface area contributed by atoms with E-state index in [1.165, 1.54) is 6.26 Å². The van der Waals surface area contributed by atoms with Crippen molar-refractivity contribution in [3.8, 4) is 5.75 Å².